The van der Waals surface area contributed by atoms with Gasteiger partial charge in [0.25, 0.3) is 0 Å². The quantitative estimate of drug-likeness (QED) is 0.109. The molecule has 0 spiro atoms. The lowest BCUT2D eigenvalue weighted by molar-refractivity contribution is 1.66. The molecule has 0 amide bonds. The summed E-state index contributed by atoms with van der Waals surface area (Å²) in [7, 11) is 0. The van der Waals surface area contributed by atoms with E-state index in [0.717, 1.165) is 0 Å². The zero-order chi connectivity index (χ0) is 36.4. The molecule has 0 aliphatic carbocycles. The molecule has 262 valence electrons. The van der Waals surface area contributed by atoms with Gasteiger partial charge in [-0.05, 0) is 130 Å². The van der Waals surface area contributed by atoms with E-state index in [-0.39, 0.29) is 0 Å². The Hall–Kier alpha value is -4.92. The van der Waals surface area contributed by atoms with Gasteiger partial charge in [-0.1, -0.05) is 97.1 Å². The van der Waals surface area contributed by atoms with Crippen molar-refractivity contribution < 1.29 is 0 Å². The minimum Gasteiger partial charge on any atom is -0.144 e. The standard InChI is InChI=1S/C48H34S6/c1-3-9-35(10-4-1)15-17-37-33-43(53-45(37)27-23-39-13-7-31-49-39)21-19-41-25-29-47(51-41)48-30-26-42(52-48)20-22-44-34-38(18-16-36-11-5-2-6-12-36)46(54-44)28-24-40-14-8-32-50-40/h1-34H/b17-15+,18-16+,21-19+,22-20+,27-23+,28-24+. The Morgan fingerprint density at radius 3 is 1.15 bits per heavy atom. The minimum atomic E-state index is 1.20. The van der Waals surface area contributed by atoms with Gasteiger partial charge in [0.1, 0.15) is 0 Å². The van der Waals surface area contributed by atoms with Gasteiger partial charge < -0.3 is 0 Å². The number of rotatable bonds is 13. The van der Waals surface area contributed by atoms with Crippen LogP contribution in [-0.4, -0.2) is 0 Å². The van der Waals surface area contributed by atoms with Crippen molar-refractivity contribution in [1.82, 2.24) is 0 Å². The highest BCUT2D eigenvalue weighted by Crippen LogP contribution is 2.36. The monoisotopic (exact) mass is 802 g/mol. The van der Waals surface area contributed by atoms with Gasteiger partial charge in [-0.2, -0.15) is 0 Å². The van der Waals surface area contributed by atoms with Crippen LogP contribution in [0.25, 0.3) is 82.7 Å². The zero-order valence-corrected chi connectivity index (χ0v) is 34.0. The second kappa shape index (κ2) is 17.9. The van der Waals surface area contributed by atoms with Crippen LogP contribution in [-0.2, 0) is 0 Å². The topological polar surface area (TPSA) is 0 Å². The number of benzene rings is 2. The van der Waals surface area contributed by atoms with Crippen molar-refractivity contribution in [2.45, 2.75) is 0 Å². The van der Waals surface area contributed by atoms with Crippen LogP contribution in [0.2, 0.25) is 0 Å². The molecule has 0 N–H and O–H groups in total. The van der Waals surface area contributed by atoms with Crippen LogP contribution in [0, 0.1) is 0 Å². The third-order valence-electron chi connectivity index (χ3n) is 8.33. The SMILES string of the molecule is C(=C\c1cc(/C=C/c2ccc(-c3ccc(/C=C/c4cc(/C=C/c5ccccc5)c(/C=C/c5cccs5)s4)s3)s2)sc1/C=C/c1cccs1)/c1ccccc1. The van der Waals surface area contributed by atoms with E-state index < -0.39 is 0 Å². The van der Waals surface area contributed by atoms with Crippen molar-refractivity contribution in [3.63, 3.8) is 0 Å². The zero-order valence-electron chi connectivity index (χ0n) is 29.1. The van der Waals surface area contributed by atoms with E-state index in [9.17, 15) is 0 Å². The van der Waals surface area contributed by atoms with Gasteiger partial charge in [-0.15, -0.1) is 68.0 Å². The molecular weight excluding hydrogens is 769 g/mol. The molecule has 0 atom stereocenters. The summed E-state index contributed by atoms with van der Waals surface area (Å²) in [5, 5.41) is 4.24. The van der Waals surface area contributed by atoms with Crippen LogP contribution in [0.1, 0.15) is 61.3 Å². The van der Waals surface area contributed by atoms with Gasteiger partial charge in [0.15, 0.2) is 0 Å². The summed E-state index contributed by atoms with van der Waals surface area (Å²) in [4.78, 5) is 12.6. The fourth-order valence-corrected chi connectivity index (χ4v) is 10.7. The summed E-state index contributed by atoms with van der Waals surface area (Å²) < 4.78 is 0. The highest BCUT2D eigenvalue weighted by atomic mass is 32.1. The van der Waals surface area contributed by atoms with Gasteiger partial charge in [0.2, 0.25) is 0 Å². The number of hydrogen-bond acceptors (Lipinski definition) is 6. The molecule has 2 aromatic carbocycles. The molecule has 0 unspecified atom stereocenters. The van der Waals surface area contributed by atoms with Crippen LogP contribution >= 0.6 is 68.0 Å². The lowest BCUT2D eigenvalue weighted by Crippen LogP contribution is -1.72. The predicted molar refractivity (Wildman–Crippen MR) is 251 cm³/mol. The molecule has 0 saturated heterocycles. The van der Waals surface area contributed by atoms with E-state index in [1.54, 1.807) is 22.7 Å². The van der Waals surface area contributed by atoms with E-state index >= 15 is 0 Å². The second-order valence-corrected chi connectivity index (χ2v) is 18.6. The summed E-state index contributed by atoms with van der Waals surface area (Å²) in [6, 6.07) is 43.0. The Bertz CT molecular complexity index is 2390. The molecule has 0 aliphatic heterocycles. The third kappa shape index (κ3) is 9.78. The fraction of sp³-hybridized carbons (Fsp3) is 0. The molecule has 54 heavy (non-hydrogen) atoms. The molecule has 0 aliphatic rings. The smallest absolute Gasteiger partial charge is 0.0449 e. The Labute approximate surface area is 341 Å². The third-order valence-corrected chi connectivity index (χ3v) is 14.5. The van der Waals surface area contributed by atoms with Crippen LogP contribution in [0.4, 0.5) is 0 Å². The highest BCUT2D eigenvalue weighted by Gasteiger charge is 2.08. The first-order chi connectivity index (χ1) is 26.7. The Kier molecular flexibility index (Phi) is 12.0. The molecule has 8 aromatic rings. The first-order valence-corrected chi connectivity index (χ1v) is 22.5. The molecular formula is C48H34S6. The summed E-state index contributed by atoms with van der Waals surface area (Å²) in [6.45, 7) is 0. The molecule has 6 heterocycles. The van der Waals surface area contributed by atoms with Gasteiger partial charge in [-0.25, -0.2) is 0 Å². The van der Waals surface area contributed by atoms with E-state index in [1.807, 2.05) is 45.3 Å². The first-order valence-electron chi connectivity index (χ1n) is 17.4. The van der Waals surface area contributed by atoms with Crippen molar-refractivity contribution >= 4 is 141 Å². The number of thiophene rings is 6. The molecule has 0 radical (unpaired) electrons. The average molecular weight is 803 g/mol. The van der Waals surface area contributed by atoms with Crippen molar-refractivity contribution in [2.75, 3.05) is 0 Å². The maximum absolute atomic E-state index is 2.29. The van der Waals surface area contributed by atoms with Crippen molar-refractivity contribution in [3.05, 3.63) is 193 Å². The Balaban J connectivity index is 0.966. The van der Waals surface area contributed by atoms with Crippen LogP contribution in [0.15, 0.2) is 132 Å². The van der Waals surface area contributed by atoms with E-state index in [2.05, 4.69) is 205 Å². The van der Waals surface area contributed by atoms with Gasteiger partial charge in [0.05, 0.1) is 0 Å². The molecule has 6 aromatic heterocycles. The normalized spacial score (nSPS) is 12.4. The second-order valence-electron chi connectivity index (χ2n) is 12.2. The van der Waals surface area contributed by atoms with Gasteiger partial charge in [-0.3, -0.25) is 0 Å². The first kappa shape index (κ1) is 36.1. The summed E-state index contributed by atoms with van der Waals surface area (Å²) >= 11 is 10.8. The lowest BCUT2D eigenvalue weighted by atomic mass is 10.1. The largest absolute Gasteiger partial charge is 0.144 e. The van der Waals surface area contributed by atoms with Crippen molar-refractivity contribution in [3.8, 4) is 9.75 Å². The Morgan fingerprint density at radius 2 is 0.722 bits per heavy atom. The van der Waals surface area contributed by atoms with Crippen LogP contribution in [0.5, 0.6) is 0 Å². The summed E-state index contributed by atoms with van der Waals surface area (Å²) in [6.07, 6.45) is 26.7. The molecule has 0 nitrogen and oxygen atoms in total. The van der Waals surface area contributed by atoms with Crippen LogP contribution in [0.3, 0.4) is 0 Å². The Morgan fingerprint density at radius 1 is 0.296 bits per heavy atom. The number of hydrogen-bond donors (Lipinski definition) is 0. The molecule has 0 bridgehead atoms. The molecule has 0 fully saturated rings. The highest BCUT2D eigenvalue weighted by molar-refractivity contribution is 7.23. The lowest BCUT2D eigenvalue weighted by Gasteiger charge is -1.93. The molecule has 8 rings (SSSR count). The maximum atomic E-state index is 2.29. The van der Waals surface area contributed by atoms with E-state index in [1.165, 1.54) is 71.0 Å². The van der Waals surface area contributed by atoms with Gasteiger partial charge >= 0.3 is 0 Å². The average Bonchev–Trinajstić information content (AvgIpc) is 4.06. The van der Waals surface area contributed by atoms with E-state index in [4.69, 9.17) is 0 Å². The summed E-state index contributed by atoms with van der Waals surface area (Å²) in [5.41, 5.74) is 4.87. The van der Waals surface area contributed by atoms with Gasteiger partial charge in [0, 0.05) is 48.8 Å². The fourth-order valence-electron chi connectivity index (χ4n) is 5.63. The van der Waals surface area contributed by atoms with E-state index in [0.29, 0.717) is 0 Å². The minimum absolute atomic E-state index is 1.20. The summed E-state index contributed by atoms with van der Waals surface area (Å²) in [5.74, 6) is 0. The molecule has 0 saturated carbocycles. The van der Waals surface area contributed by atoms with Crippen LogP contribution < -0.4 is 0 Å². The van der Waals surface area contributed by atoms with Crippen molar-refractivity contribution in [2.24, 2.45) is 0 Å². The molecule has 6 heteroatoms. The predicted octanol–water partition coefficient (Wildman–Crippen LogP) is 16.7. The maximum Gasteiger partial charge on any atom is 0.0449 e. The van der Waals surface area contributed by atoms with Crippen molar-refractivity contribution in [1.29, 1.82) is 0 Å².